The van der Waals surface area contributed by atoms with Gasteiger partial charge in [-0.25, -0.2) is 0 Å². The van der Waals surface area contributed by atoms with Crippen LogP contribution in [0.5, 0.6) is 0 Å². The van der Waals surface area contributed by atoms with Gasteiger partial charge >= 0.3 is 0 Å². The van der Waals surface area contributed by atoms with E-state index < -0.39 is 0 Å². The lowest BCUT2D eigenvalue weighted by atomic mass is 10.1. The first-order valence-corrected chi connectivity index (χ1v) is 7.35. The maximum atomic E-state index is 5.86. The lowest BCUT2D eigenvalue weighted by Crippen LogP contribution is -2.16. The van der Waals surface area contributed by atoms with Gasteiger partial charge in [-0.3, -0.25) is 0 Å². The van der Waals surface area contributed by atoms with Gasteiger partial charge in [0.15, 0.2) is 0 Å². The summed E-state index contributed by atoms with van der Waals surface area (Å²) in [7, 11) is 0. The maximum absolute atomic E-state index is 5.86. The summed E-state index contributed by atoms with van der Waals surface area (Å²) in [4.78, 5) is 2.81. The standard InChI is InChI=1S/C15H18ClNS/c1-11-9-14(12(2)18-11)10-17-8-7-13-3-5-15(16)6-4-13/h3-6,9,17H,7-8,10H2,1-2H3. The second kappa shape index (κ2) is 6.37. The lowest BCUT2D eigenvalue weighted by Gasteiger charge is -2.05. The Balaban J connectivity index is 1.76. The van der Waals surface area contributed by atoms with E-state index in [1.54, 1.807) is 0 Å². The molecule has 1 nitrogen and oxygen atoms in total. The van der Waals surface area contributed by atoms with Gasteiger partial charge in [0.05, 0.1) is 0 Å². The first kappa shape index (κ1) is 13.6. The fraction of sp³-hybridized carbons (Fsp3) is 0.333. The molecule has 0 saturated heterocycles. The van der Waals surface area contributed by atoms with Crippen molar-refractivity contribution in [3.63, 3.8) is 0 Å². The van der Waals surface area contributed by atoms with E-state index in [9.17, 15) is 0 Å². The minimum Gasteiger partial charge on any atom is -0.312 e. The molecule has 3 heteroatoms. The van der Waals surface area contributed by atoms with Crippen LogP contribution in [0.25, 0.3) is 0 Å². The second-order valence-electron chi connectivity index (χ2n) is 4.49. The van der Waals surface area contributed by atoms with Crippen molar-refractivity contribution in [1.29, 1.82) is 0 Å². The van der Waals surface area contributed by atoms with Gasteiger partial charge in [-0.2, -0.15) is 0 Å². The predicted molar refractivity (Wildman–Crippen MR) is 80.7 cm³/mol. The molecule has 96 valence electrons. The summed E-state index contributed by atoms with van der Waals surface area (Å²) in [6, 6.07) is 10.3. The number of aryl methyl sites for hydroxylation is 2. The molecule has 0 amide bonds. The molecule has 0 aliphatic heterocycles. The second-order valence-corrected chi connectivity index (χ2v) is 6.39. The van der Waals surface area contributed by atoms with Crippen molar-refractivity contribution < 1.29 is 0 Å². The molecular weight excluding hydrogens is 262 g/mol. The zero-order valence-corrected chi connectivity index (χ0v) is 12.4. The summed E-state index contributed by atoms with van der Waals surface area (Å²) < 4.78 is 0. The Kier molecular flexibility index (Phi) is 4.81. The number of hydrogen-bond donors (Lipinski definition) is 1. The lowest BCUT2D eigenvalue weighted by molar-refractivity contribution is 0.686. The molecular formula is C15H18ClNS. The maximum Gasteiger partial charge on any atom is 0.0406 e. The van der Waals surface area contributed by atoms with E-state index in [1.807, 2.05) is 23.5 Å². The number of thiophene rings is 1. The highest BCUT2D eigenvalue weighted by molar-refractivity contribution is 7.12. The number of benzene rings is 1. The van der Waals surface area contributed by atoms with E-state index in [2.05, 4.69) is 37.4 Å². The van der Waals surface area contributed by atoms with E-state index in [0.29, 0.717) is 0 Å². The summed E-state index contributed by atoms with van der Waals surface area (Å²) >= 11 is 7.73. The van der Waals surface area contributed by atoms with Gasteiger partial charge in [-0.05, 0) is 56.1 Å². The Labute approximate surface area is 118 Å². The van der Waals surface area contributed by atoms with E-state index in [4.69, 9.17) is 11.6 Å². The zero-order valence-electron chi connectivity index (χ0n) is 10.8. The third-order valence-corrected chi connectivity index (χ3v) is 4.22. The molecule has 0 fully saturated rings. The van der Waals surface area contributed by atoms with Crippen LogP contribution in [0.4, 0.5) is 0 Å². The molecule has 18 heavy (non-hydrogen) atoms. The van der Waals surface area contributed by atoms with Crippen molar-refractivity contribution in [2.75, 3.05) is 6.54 Å². The molecule has 0 spiro atoms. The molecule has 2 rings (SSSR count). The topological polar surface area (TPSA) is 12.0 Å². The van der Waals surface area contributed by atoms with Crippen LogP contribution in [-0.4, -0.2) is 6.54 Å². The number of halogens is 1. The quantitative estimate of drug-likeness (QED) is 0.803. The van der Waals surface area contributed by atoms with Crippen molar-refractivity contribution in [1.82, 2.24) is 5.32 Å². The van der Waals surface area contributed by atoms with Crippen molar-refractivity contribution in [3.05, 3.63) is 56.2 Å². The van der Waals surface area contributed by atoms with Crippen LogP contribution in [0.15, 0.2) is 30.3 Å². The Morgan fingerprint density at radius 3 is 2.50 bits per heavy atom. The Morgan fingerprint density at radius 1 is 1.17 bits per heavy atom. The van der Waals surface area contributed by atoms with Crippen LogP contribution in [0.1, 0.15) is 20.9 Å². The predicted octanol–water partition coefficient (Wildman–Crippen LogP) is 4.35. The van der Waals surface area contributed by atoms with Crippen LogP contribution in [0, 0.1) is 13.8 Å². The van der Waals surface area contributed by atoms with Gasteiger partial charge in [-0.1, -0.05) is 23.7 Å². The van der Waals surface area contributed by atoms with E-state index >= 15 is 0 Å². The van der Waals surface area contributed by atoms with Gasteiger partial charge in [-0.15, -0.1) is 11.3 Å². The van der Waals surface area contributed by atoms with E-state index in [1.165, 1.54) is 20.9 Å². The molecule has 0 bridgehead atoms. The average Bonchev–Trinajstić information content (AvgIpc) is 2.66. The first-order chi connectivity index (χ1) is 8.65. The largest absolute Gasteiger partial charge is 0.312 e. The van der Waals surface area contributed by atoms with Gasteiger partial charge in [0.25, 0.3) is 0 Å². The number of nitrogens with one attached hydrogen (secondary N) is 1. The zero-order chi connectivity index (χ0) is 13.0. The average molecular weight is 280 g/mol. The van der Waals surface area contributed by atoms with Crippen molar-refractivity contribution in [2.24, 2.45) is 0 Å². The fourth-order valence-electron chi connectivity index (χ4n) is 1.97. The summed E-state index contributed by atoms with van der Waals surface area (Å²) in [5, 5.41) is 4.29. The summed E-state index contributed by atoms with van der Waals surface area (Å²) in [5.74, 6) is 0. The Bertz CT molecular complexity index is 502. The molecule has 0 unspecified atom stereocenters. The van der Waals surface area contributed by atoms with Gasteiger partial charge in [0, 0.05) is 21.3 Å². The molecule has 2 aromatic rings. The highest BCUT2D eigenvalue weighted by Gasteiger charge is 2.01. The van der Waals surface area contributed by atoms with Crippen molar-refractivity contribution >= 4 is 22.9 Å². The number of rotatable bonds is 5. The van der Waals surface area contributed by atoms with Gasteiger partial charge in [0.2, 0.25) is 0 Å². The molecule has 0 aliphatic carbocycles. The minimum absolute atomic E-state index is 0.802. The Morgan fingerprint density at radius 2 is 1.89 bits per heavy atom. The van der Waals surface area contributed by atoms with Crippen molar-refractivity contribution in [2.45, 2.75) is 26.8 Å². The van der Waals surface area contributed by atoms with Crippen molar-refractivity contribution in [3.8, 4) is 0 Å². The molecule has 1 N–H and O–H groups in total. The van der Waals surface area contributed by atoms with Crippen LogP contribution in [-0.2, 0) is 13.0 Å². The SMILES string of the molecule is Cc1cc(CNCCc2ccc(Cl)cc2)c(C)s1. The molecule has 0 radical (unpaired) electrons. The minimum atomic E-state index is 0.802. The van der Waals surface area contributed by atoms with Crippen LogP contribution >= 0.6 is 22.9 Å². The monoisotopic (exact) mass is 279 g/mol. The smallest absolute Gasteiger partial charge is 0.0406 e. The Hall–Kier alpha value is -0.830. The molecule has 0 aliphatic rings. The molecule has 0 atom stereocenters. The summed E-state index contributed by atoms with van der Waals surface area (Å²) in [6.07, 6.45) is 1.04. The van der Waals surface area contributed by atoms with Crippen LogP contribution < -0.4 is 5.32 Å². The highest BCUT2D eigenvalue weighted by atomic mass is 35.5. The van der Waals surface area contributed by atoms with Crippen LogP contribution in [0.3, 0.4) is 0 Å². The summed E-state index contributed by atoms with van der Waals surface area (Å²) in [6.45, 7) is 6.31. The molecule has 1 heterocycles. The molecule has 1 aromatic carbocycles. The van der Waals surface area contributed by atoms with Crippen LogP contribution in [0.2, 0.25) is 5.02 Å². The third-order valence-electron chi connectivity index (χ3n) is 2.96. The molecule has 0 saturated carbocycles. The summed E-state index contributed by atoms with van der Waals surface area (Å²) in [5.41, 5.74) is 2.75. The fourth-order valence-corrected chi connectivity index (χ4v) is 3.04. The molecule has 1 aromatic heterocycles. The van der Waals surface area contributed by atoms with E-state index in [-0.39, 0.29) is 0 Å². The van der Waals surface area contributed by atoms with Gasteiger partial charge in [0.1, 0.15) is 0 Å². The first-order valence-electron chi connectivity index (χ1n) is 6.16. The normalized spacial score (nSPS) is 10.8. The van der Waals surface area contributed by atoms with E-state index in [0.717, 1.165) is 24.5 Å². The third kappa shape index (κ3) is 3.84. The number of hydrogen-bond acceptors (Lipinski definition) is 2. The highest BCUT2D eigenvalue weighted by Crippen LogP contribution is 2.20. The van der Waals surface area contributed by atoms with Gasteiger partial charge < -0.3 is 5.32 Å².